The van der Waals surface area contributed by atoms with Crippen LogP contribution in [-0.2, 0) is 14.9 Å². The van der Waals surface area contributed by atoms with Gasteiger partial charge in [0.1, 0.15) is 5.75 Å². The molecule has 1 aliphatic rings. The zero-order chi connectivity index (χ0) is 20.4. The molecule has 2 N–H and O–H groups in total. The Morgan fingerprint density at radius 2 is 1.71 bits per heavy atom. The van der Waals surface area contributed by atoms with Gasteiger partial charge in [0.05, 0.1) is 18.1 Å². The zero-order valence-corrected chi connectivity index (χ0v) is 17.6. The van der Waals surface area contributed by atoms with Crippen LogP contribution in [-0.4, -0.2) is 61.6 Å². The molecule has 0 aromatic heterocycles. The highest BCUT2D eigenvalue weighted by atomic mass is 32.2. The summed E-state index contributed by atoms with van der Waals surface area (Å²) in [5.41, 5.74) is 0.551. The molecule has 0 saturated carbocycles. The van der Waals surface area contributed by atoms with Crippen molar-refractivity contribution in [1.29, 1.82) is 0 Å². The van der Waals surface area contributed by atoms with Gasteiger partial charge in [0.25, 0.3) is 10.1 Å². The van der Waals surface area contributed by atoms with Crippen LogP contribution in [0, 0.1) is 6.92 Å². The predicted octanol–water partition coefficient (Wildman–Crippen LogP) is 3.45. The Morgan fingerprint density at radius 3 is 2.29 bits per heavy atom. The van der Waals surface area contributed by atoms with E-state index in [1.54, 1.807) is 37.3 Å². The monoisotopic (exact) mass is 425 g/mol. The summed E-state index contributed by atoms with van der Waals surface area (Å²) in [5, 5.41) is 9.17. The lowest BCUT2D eigenvalue weighted by atomic mass is 10.2. The molecule has 0 bridgehead atoms. The van der Waals surface area contributed by atoms with Gasteiger partial charge in [-0.05, 0) is 61.5 Å². The molecule has 0 radical (unpaired) electrons. The van der Waals surface area contributed by atoms with Crippen molar-refractivity contribution in [2.75, 3.05) is 38.6 Å². The Kier molecular flexibility index (Phi) is 9.27. The minimum atomic E-state index is -4.03. The first kappa shape index (κ1) is 22.7. The Bertz CT molecular complexity index is 819. The van der Waals surface area contributed by atoms with E-state index in [0.717, 1.165) is 38.6 Å². The second-order valence-electron chi connectivity index (χ2n) is 6.39. The van der Waals surface area contributed by atoms with Crippen LogP contribution in [0.4, 0.5) is 0 Å². The molecule has 3 rings (SSSR count). The van der Waals surface area contributed by atoms with E-state index in [-0.39, 0.29) is 4.90 Å². The highest BCUT2D eigenvalue weighted by Crippen LogP contribution is 2.21. The van der Waals surface area contributed by atoms with E-state index in [9.17, 15) is 13.5 Å². The maximum Gasteiger partial charge on any atom is 0.294 e. The number of aromatic hydroxyl groups is 1. The molecule has 0 amide bonds. The van der Waals surface area contributed by atoms with Crippen LogP contribution in [0.1, 0.15) is 12.0 Å². The largest absolute Gasteiger partial charge is 0.508 e. The van der Waals surface area contributed by atoms with Gasteiger partial charge in [0.2, 0.25) is 0 Å². The van der Waals surface area contributed by atoms with Gasteiger partial charge in [0.15, 0.2) is 0 Å². The van der Waals surface area contributed by atoms with E-state index < -0.39 is 10.1 Å². The molecule has 0 aliphatic carbocycles. The van der Waals surface area contributed by atoms with Gasteiger partial charge in [-0.15, -0.1) is 11.8 Å². The van der Waals surface area contributed by atoms with E-state index in [2.05, 4.69) is 4.90 Å². The maximum atomic E-state index is 10.6. The molecule has 0 unspecified atom stereocenters. The first-order valence-corrected chi connectivity index (χ1v) is 11.5. The SMILES string of the molecule is Cc1ccccc1S(=O)(=O)O.Oc1ccc(SCCCN2CCOCC2)cc1. The smallest absolute Gasteiger partial charge is 0.294 e. The minimum Gasteiger partial charge on any atom is -0.508 e. The van der Waals surface area contributed by atoms with Crippen molar-refractivity contribution in [3.63, 3.8) is 0 Å². The third-order valence-corrected chi connectivity index (χ3v) is 6.31. The maximum absolute atomic E-state index is 10.6. The fourth-order valence-electron chi connectivity index (χ4n) is 2.69. The van der Waals surface area contributed by atoms with Crippen LogP contribution in [0.3, 0.4) is 0 Å². The standard InChI is InChI=1S/C13H19NO2S.C7H8O3S/c15-12-2-4-13(5-3-12)17-11-1-6-14-7-9-16-10-8-14;1-6-4-2-3-5-7(6)11(8,9)10/h2-5,15H,1,6-11H2;2-5H,1H3,(H,8,9,10). The van der Waals surface area contributed by atoms with Crippen LogP contribution in [0.15, 0.2) is 58.3 Å². The van der Waals surface area contributed by atoms with E-state index in [0.29, 0.717) is 11.3 Å². The number of ether oxygens (including phenoxy) is 1. The van der Waals surface area contributed by atoms with Crippen LogP contribution >= 0.6 is 11.8 Å². The normalized spacial score (nSPS) is 14.9. The number of phenols is 1. The quantitative estimate of drug-likeness (QED) is 0.416. The minimum absolute atomic E-state index is 0.0278. The van der Waals surface area contributed by atoms with Gasteiger partial charge in [-0.1, -0.05) is 18.2 Å². The molecule has 8 heteroatoms. The Morgan fingerprint density at radius 1 is 1.07 bits per heavy atom. The van der Waals surface area contributed by atoms with Crippen molar-refractivity contribution in [3.05, 3.63) is 54.1 Å². The molecule has 1 aliphatic heterocycles. The van der Waals surface area contributed by atoms with E-state index in [4.69, 9.17) is 9.29 Å². The number of morpholine rings is 1. The molecular weight excluding hydrogens is 398 g/mol. The van der Waals surface area contributed by atoms with Gasteiger partial charge in [0, 0.05) is 18.0 Å². The van der Waals surface area contributed by atoms with Gasteiger partial charge in [-0.3, -0.25) is 9.45 Å². The molecule has 1 fully saturated rings. The number of benzene rings is 2. The molecule has 2 aromatic carbocycles. The summed E-state index contributed by atoms with van der Waals surface area (Å²) in [5.74, 6) is 1.46. The molecule has 0 atom stereocenters. The van der Waals surface area contributed by atoms with Crippen molar-refractivity contribution < 1.29 is 22.8 Å². The summed E-state index contributed by atoms with van der Waals surface area (Å²) in [6, 6.07) is 13.7. The molecule has 2 aromatic rings. The summed E-state index contributed by atoms with van der Waals surface area (Å²) in [6.45, 7) is 6.70. The van der Waals surface area contributed by atoms with Crippen LogP contribution in [0.5, 0.6) is 5.75 Å². The number of rotatable bonds is 6. The van der Waals surface area contributed by atoms with Crippen molar-refractivity contribution in [1.82, 2.24) is 4.90 Å². The highest BCUT2D eigenvalue weighted by molar-refractivity contribution is 7.99. The second kappa shape index (κ2) is 11.4. The first-order valence-electron chi connectivity index (χ1n) is 9.11. The Hall–Kier alpha value is -1.58. The van der Waals surface area contributed by atoms with Crippen molar-refractivity contribution >= 4 is 21.9 Å². The lowest BCUT2D eigenvalue weighted by Crippen LogP contribution is -2.36. The number of aryl methyl sites for hydroxylation is 1. The molecule has 154 valence electrons. The number of hydrogen-bond acceptors (Lipinski definition) is 6. The molecule has 28 heavy (non-hydrogen) atoms. The van der Waals surface area contributed by atoms with Crippen LogP contribution in [0.25, 0.3) is 0 Å². The number of hydrogen-bond donors (Lipinski definition) is 2. The van der Waals surface area contributed by atoms with E-state index >= 15 is 0 Å². The Balaban J connectivity index is 0.000000221. The summed E-state index contributed by atoms with van der Waals surface area (Å²) < 4.78 is 35.2. The van der Waals surface area contributed by atoms with Gasteiger partial charge < -0.3 is 9.84 Å². The van der Waals surface area contributed by atoms with Crippen molar-refractivity contribution in [3.8, 4) is 5.75 Å². The molecule has 6 nitrogen and oxygen atoms in total. The van der Waals surface area contributed by atoms with E-state index in [1.807, 2.05) is 23.9 Å². The molecule has 1 saturated heterocycles. The predicted molar refractivity (Wildman–Crippen MR) is 112 cm³/mol. The van der Waals surface area contributed by atoms with Gasteiger partial charge in [-0.25, -0.2) is 0 Å². The second-order valence-corrected chi connectivity index (χ2v) is 8.95. The topological polar surface area (TPSA) is 87.1 Å². The average molecular weight is 426 g/mol. The zero-order valence-electron chi connectivity index (χ0n) is 16.0. The van der Waals surface area contributed by atoms with Crippen molar-refractivity contribution in [2.24, 2.45) is 0 Å². The highest BCUT2D eigenvalue weighted by Gasteiger charge is 2.10. The van der Waals surface area contributed by atoms with Crippen LogP contribution in [0.2, 0.25) is 0 Å². The lowest BCUT2D eigenvalue weighted by molar-refractivity contribution is 0.0381. The third-order valence-electron chi connectivity index (χ3n) is 4.20. The third kappa shape index (κ3) is 8.20. The molecular formula is C20H27NO5S2. The van der Waals surface area contributed by atoms with Gasteiger partial charge in [-0.2, -0.15) is 8.42 Å². The number of phenolic OH excluding ortho intramolecular Hbond substituents is 1. The Labute approximate surface area is 171 Å². The summed E-state index contributed by atoms with van der Waals surface area (Å²) in [6.07, 6.45) is 1.20. The fraction of sp³-hybridized carbons (Fsp3) is 0.400. The summed E-state index contributed by atoms with van der Waals surface area (Å²) in [7, 11) is -4.03. The first-order chi connectivity index (χ1) is 13.4. The number of thioether (sulfide) groups is 1. The van der Waals surface area contributed by atoms with Crippen molar-refractivity contribution in [2.45, 2.75) is 23.1 Å². The molecule has 0 spiro atoms. The molecule has 1 heterocycles. The summed E-state index contributed by atoms with van der Waals surface area (Å²) >= 11 is 1.85. The van der Waals surface area contributed by atoms with Crippen LogP contribution < -0.4 is 0 Å². The number of nitrogens with zero attached hydrogens (tertiary/aromatic N) is 1. The average Bonchev–Trinajstić information content (AvgIpc) is 2.67. The fourth-order valence-corrected chi connectivity index (χ4v) is 4.25. The lowest BCUT2D eigenvalue weighted by Gasteiger charge is -2.26. The summed E-state index contributed by atoms with van der Waals surface area (Å²) in [4.78, 5) is 3.66. The van der Waals surface area contributed by atoms with Gasteiger partial charge >= 0.3 is 0 Å². The van der Waals surface area contributed by atoms with E-state index in [1.165, 1.54) is 17.4 Å².